The van der Waals surface area contributed by atoms with E-state index in [1.54, 1.807) is 13.8 Å². The molecule has 1 atom stereocenters. The zero-order valence-corrected chi connectivity index (χ0v) is 11.5. The smallest absolute Gasteiger partial charge is 0.330 e. The van der Waals surface area contributed by atoms with Gasteiger partial charge in [-0.1, -0.05) is 41.7 Å². The number of carbonyl (C=O) groups is 1. The van der Waals surface area contributed by atoms with Crippen LogP contribution >= 0.6 is 11.3 Å². The number of ether oxygens (including phenoxy) is 1. The van der Waals surface area contributed by atoms with Crippen LogP contribution in [-0.2, 0) is 9.53 Å². The summed E-state index contributed by atoms with van der Waals surface area (Å²) in [5, 5.41) is 4.80. The molecular weight excluding hydrogens is 264 g/mol. The van der Waals surface area contributed by atoms with Crippen LogP contribution in [0.3, 0.4) is 0 Å². The molecule has 1 unspecified atom stereocenters. The molecule has 0 saturated carbocycles. The van der Waals surface area contributed by atoms with Crippen LogP contribution in [0.2, 0.25) is 0 Å². The number of benzene rings is 1. The van der Waals surface area contributed by atoms with Gasteiger partial charge in [0.05, 0.1) is 6.61 Å². The first-order valence-corrected chi connectivity index (χ1v) is 6.77. The molecule has 0 saturated heterocycles. The van der Waals surface area contributed by atoms with Crippen LogP contribution in [0.1, 0.15) is 19.9 Å². The summed E-state index contributed by atoms with van der Waals surface area (Å²) in [6.07, 6.45) is 0. The molecule has 1 aromatic heterocycles. The zero-order chi connectivity index (χ0) is 13.8. The summed E-state index contributed by atoms with van der Waals surface area (Å²) in [4.78, 5) is 23.2. The Morgan fingerprint density at radius 3 is 2.74 bits per heavy atom. The molecule has 100 valence electrons. The van der Waals surface area contributed by atoms with Gasteiger partial charge in [0.25, 0.3) is 0 Å². The molecule has 5 nitrogen and oxygen atoms in total. The van der Waals surface area contributed by atoms with Crippen LogP contribution in [0.5, 0.6) is 0 Å². The highest BCUT2D eigenvalue weighted by Gasteiger charge is 2.21. The normalized spacial score (nSPS) is 12.1. The number of nitrogens with zero attached hydrogens (tertiary/aromatic N) is 2. The predicted molar refractivity (Wildman–Crippen MR) is 73.2 cm³/mol. The molecule has 0 bridgehead atoms. The summed E-state index contributed by atoms with van der Waals surface area (Å²) < 4.78 is 6.07. The van der Waals surface area contributed by atoms with Crippen LogP contribution < -0.4 is 4.87 Å². The number of esters is 1. The lowest BCUT2D eigenvalue weighted by molar-refractivity contribution is -0.146. The van der Waals surface area contributed by atoms with Crippen molar-refractivity contribution in [3.05, 3.63) is 40.0 Å². The first-order valence-electron chi connectivity index (χ1n) is 5.95. The maximum absolute atomic E-state index is 11.9. The van der Waals surface area contributed by atoms with Crippen molar-refractivity contribution in [1.29, 1.82) is 0 Å². The summed E-state index contributed by atoms with van der Waals surface area (Å²) in [7, 11) is 0. The van der Waals surface area contributed by atoms with Gasteiger partial charge < -0.3 is 4.74 Å². The van der Waals surface area contributed by atoms with E-state index in [0.717, 1.165) is 16.9 Å². The van der Waals surface area contributed by atoms with Gasteiger partial charge >= 0.3 is 10.8 Å². The highest BCUT2D eigenvalue weighted by Crippen LogP contribution is 2.19. The lowest BCUT2D eigenvalue weighted by Gasteiger charge is -2.09. The summed E-state index contributed by atoms with van der Waals surface area (Å²) >= 11 is 1.02. The fourth-order valence-electron chi connectivity index (χ4n) is 1.59. The fraction of sp³-hybridized carbons (Fsp3) is 0.308. The van der Waals surface area contributed by atoms with E-state index in [1.165, 1.54) is 4.68 Å². The Kier molecular flexibility index (Phi) is 4.11. The number of hydrogen-bond donors (Lipinski definition) is 0. The molecule has 0 spiro atoms. The zero-order valence-electron chi connectivity index (χ0n) is 10.7. The van der Waals surface area contributed by atoms with Crippen LogP contribution in [0, 0.1) is 0 Å². The van der Waals surface area contributed by atoms with Crippen molar-refractivity contribution in [2.75, 3.05) is 6.61 Å². The average Bonchev–Trinajstić information content (AvgIpc) is 2.81. The van der Waals surface area contributed by atoms with Crippen molar-refractivity contribution >= 4 is 17.3 Å². The van der Waals surface area contributed by atoms with Crippen molar-refractivity contribution in [3.8, 4) is 10.6 Å². The van der Waals surface area contributed by atoms with E-state index in [-0.39, 0.29) is 11.5 Å². The van der Waals surface area contributed by atoms with Crippen LogP contribution in [0.25, 0.3) is 10.6 Å². The minimum atomic E-state index is -0.707. The van der Waals surface area contributed by atoms with Crippen LogP contribution in [-0.4, -0.2) is 22.4 Å². The Morgan fingerprint density at radius 1 is 1.42 bits per heavy atom. The van der Waals surface area contributed by atoms with E-state index in [4.69, 9.17) is 4.74 Å². The first-order chi connectivity index (χ1) is 9.13. The lowest BCUT2D eigenvalue weighted by Crippen LogP contribution is -2.27. The minimum absolute atomic E-state index is 0.264. The van der Waals surface area contributed by atoms with E-state index in [2.05, 4.69) is 5.10 Å². The summed E-state index contributed by atoms with van der Waals surface area (Å²) in [6.45, 7) is 3.62. The van der Waals surface area contributed by atoms with E-state index in [9.17, 15) is 9.59 Å². The standard InChI is InChI=1S/C13H14N2O3S/c1-3-18-12(16)9(2)15-13(17)19-11(14-15)10-7-5-4-6-8-10/h4-9H,3H2,1-2H3. The number of rotatable bonds is 4. The van der Waals surface area contributed by atoms with Gasteiger partial charge in [0.15, 0.2) is 6.04 Å². The molecule has 0 radical (unpaired) electrons. The molecule has 0 aliphatic carbocycles. The molecule has 2 rings (SSSR count). The Hall–Kier alpha value is -1.95. The van der Waals surface area contributed by atoms with Gasteiger partial charge in [0, 0.05) is 5.56 Å². The van der Waals surface area contributed by atoms with E-state index < -0.39 is 12.0 Å². The second-order valence-electron chi connectivity index (χ2n) is 3.91. The second-order valence-corrected chi connectivity index (χ2v) is 4.85. The molecule has 1 aromatic carbocycles. The average molecular weight is 278 g/mol. The minimum Gasteiger partial charge on any atom is -0.464 e. The number of carbonyl (C=O) groups excluding carboxylic acids is 1. The van der Waals surface area contributed by atoms with Gasteiger partial charge in [-0.2, -0.15) is 5.10 Å². The molecule has 6 heteroatoms. The number of aromatic nitrogens is 2. The van der Waals surface area contributed by atoms with Crippen LogP contribution in [0.15, 0.2) is 35.1 Å². The third kappa shape index (κ3) is 2.90. The monoisotopic (exact) mass is 278 g/mol. The lowest BCUT2D eigenvalue weighted by atomic mass is 10.2. The van der Waals surface area contributed by atoms with E-state index in [1.807, 2.05) is 30.3 Å². The Labute approximate surface area is 114 Å². The van der Waals surface area contributed by atoms with Gasteiger partial charge in [0.2, 0.25) is 0 Å². The largest absolute Gasteiger partial charge is 0.464 e. The van der Waals surface area contributed by atoms with Crippen molar-refractivity contribution < 1.29 is 9.53 Å². The third-order valence-corrected chi connectivity index (χ3v) is 3.46. The molecule has 0 aliphatic heterocycles. The highest BCUT2D eigenvalue weighted by atomic mass is 32.1. The topological polar surface area (TPSA) is 61.2 Å². The van der Waals surface area contributed by atoms with E-state index >= 15 is 0 Å². The van der Waals surface area contributed by atoms with E-state index in [0.29, 0.717) is 5.01 Å². The summed E-state index contributed by atoms with van der Waals surface area (Å²) in [6, 6.07) is 8.68. The maximum atomic E-state index is 11.9. The Balaban J connectivity index is 2.32. The SMILES string of the molecule is CCOC(=O)C(C)n1nc(-c2ccccc2)sc1=O. The molecule has 19 heavy (non-hydrogen) atoms. The van der Waals surface area contributed by atoms with Crippen molar-refractivity contribution in [2.24, 2.45) is 0 Å². The van der Waals surface area contributed by atoms with Crippen LogP contribution in [0.4, 0.5) is 0 Å². The van der Waals surface area contributed by atoms with Gasteiger partial charge in [-0.15, -0.1) is 0 Å². The van der Waals surface area contributed by atoms with Crippen molar-refractivity contribution in [2.45, 2.75) is 19.9 Å². The summed E-state index contributed by atoms with van der Waals surface area (Å²) in [5.41, 5.74) is 0.861. The molecule has 1 heterocycles. The molecular formula is C13H14N2O3S. The quantitative estimate of drug-likeness (QED) is 0.803. The third-order valence-electron chi connectivity index (χ3n) is 2.58. The fourth-order valence-corrected chi connectivity index (χ4v) is 2.43. The summed E-state index contributed by atoms with van der Waals surface area (Å²) in [5.74, 6) is -0.450. The second kappa shape index (κ2) is 5.79. The molecule has 2 aromatic rings. The molecule has 0 N–H and O–H groups in total. The Morgan fingerprint density at radius 2 is 2.11 bits per heavy atom. The van der Waals surface area contributed by atoms with Gasteiger partial charge in [-0.3, -0.25) is 4.79 Å². The molecule has 0 amide bonds. The highest BCUT2D eigenvalue weighted by molar-refractivity contribution is 7.12. The van der Waals surface area contributed by atoms with Gasteiger partial charge in [-0.05, 0) is 13.8 Å². The predicted octanol–water partition coefficient (Wildman–Crippen LogP) is 2.10. The van der Waals surface area contributed by atoms with Gasteiger partial charge in [0.1, 0.15) is 5.01 Å². The maximum Gasteiger partial charge on any atom is 0.330 e. The van der Waals surface area contributed by atoms with Crippen molar-refractivity contribution in [3.63, 3.8) is 0 Å². The molecule has 0 aliphatic rings. The first kappa shape index (κ1) is 13.5. The molecule has 0 fully saturated rings. The Bertz CT molecular complexity index is 618. The number of hydrogen-bond acceptors (Lipinski definition) is 5. The van der Waals surface area contributed by atoms with Gasteiger partial charge in [-0.25, -0.2) is 9.48 Å². The van der Waals surface area contributed by atoms with Crippen molar-refractivity contribution in [1.82, 2.24) is 9.78 Å².